The van der Waals surface area contributed by atoms with E-state index in [0.717, 1.165) is 25.7 Å². The van der Waals surface area contributed by atoms with Gasteiger partial charge in [0, 0.05) is 11.5 Å². The lowest BCUT2D eigenvalue weighted by Gasteiger charge is -2.23. The van der Waals surface area contributed by atoms with E-state index >= 15 is 0 Å². The van der Waals surface area contributed by atoms with E-state index in [-0.39, 0.29) is 11.7 Å². The van der Waals surface area contributed by atoms with Crippen LogP contribution < -0.4 is 4.74 Å². The molecule has 1 aliphatic carbocycles. The molecule has 1 aromatic rings. The van der Waals surface area contributed by atoms with E-state index in [1.807, 2.05) is 12.1 Å². The Bertz CT molecular complexity index is 408. The fourth-order valence-corrected chi connectivity index (χ4v) is 2.66. The van der Waals surface area contributed by atoms with Crippen LogP contribution in [-0.2, 0) is 4.79 Å². The number of benzene rings is 1. The number of methoxy groups -OCH3 is 1. The number of carbonyl (C=O) groups is 1. The van der Waals surface area contributed by atoms with Crippen LogP contribution in [0.5, 0.6) is 5.75 Å². The third-order valence-electron chi connectivity index (χ3n) is 3.71. The zero-order valence-corrected chi connectivity index (χ0v) is 10.8. The number of aliphatic hydroxyl groups excluding tert-OH is 1. The maximum Gasteiger partial charge on any atom is 0.169 e. The molecule has 1 N–H and O–H groups in total. The maximum atomic E-state index is 12.3. The smallest absolute Gasteiger partial charge is 0.169 e. The van der Waals surface area contributed by atoms with E-state index in [0.29, 0.717) is 11.3 Å². The molecule has 1 saturated carbocycles. The molecule has 1 fully saturated rings. The number of ketones is 1. The molecule has 0 saturated heterocycles. The number of rotatable bonds is 4. The molecular formula is C15H20O3. The van der Waals surface area contributed by atoms with Gasteiger partial charge in [-0.25, -0.2) is 0 Å². The number of aliphatic hydroxyl groups is 1. The molecule has 98 valence electrons. The fourth-order valence-electron chi connectivity index (χ4n) is 2.66. The summed E-state index contributed by atoms with van der Waals surface area (Å²) < 4.78 is 5.19. The van der Waals surface area contributed by atoms with Gasteiger partial charge >= 0.3 is 0 Å². The standard InChI is InChI=1S/C15H20O3/c1-18-13-10-6-5-9-12(13)15(17)14(16)11-7-3-2-4-8-11/h5-6,9-11,15,17H,2-4,7-8H2,1H3. The third kappa shape index (κ3) is 2.72. The summed E-state index contributed by atoms with van der Waals surface area (Å²) in [4.78, 5) is 12.3. The van der Waals surface area contributed by atoms with Crippen LogP contribution in [0.2, 0.25) is 0 Å². The van der Waals surface area contributed by atoms with Gasteiger partial charge in [-0.15, -0.1) is 0 Å². The Balaban J connectivity index is 2.14. The van der Waals surface area contributed by atoms with Crippen LogP contribution in [0.3, 0.4) is 0 Å². The molecule has 18 heavy (non-hydrogen) atoms. The summed E-state index contributed by atoms with van der Waals surface area (Å²) in [5, 5.41) is 10.2. The molecule has 1 aliphatic rings. The molecule has 3 nitrogen and oxygen atoms in total. The number of carbonyl (C=O) groups excluding carboxylic acids is 1. The number of hydrogen-bond acceptors (Lipinski definition) is 3. The van der Waals surface area contributed by atoms with Gasteiger partial charge < -0.3 is 9.84 Å². The highest BCUT2D eigenvalue weighted by Gasteiger charge is 2.29. The van der Waals surface area contributed by atoms with Crippen molar-refractivity contribution in [1.82, 2.24) is 0 Å². The van der Waals surface area contributed by atoms with Gasteiger partial charge in [0.05, 0.1) is 7.11 Å². The van der Waals surface area contributed by atoms with E-state index in [1.54, 1.807) is 19.2 Å². The Morgan fingerprint density at radius 3 is 2.61 bits per heavy atom. The third-order valence-corrected chi connectivity index (χ3v) is 3.71. The van der Waals surface area contributed by atoms with Crippen LogP contribution >= 0.6 is 0 Å². The largest absolute Gasteiger partial charge is 0.496 e. The topological polar surface area (TPSA) is 46.5 Å². The van der Waals surface area contributed by atoms with E-state index < -0.39 is 6.10 Å². The van der Waals surface area contributed by atoms with Crippen molar-refractivity contribution in [2.24, 2.45) is 5.92 Å². The van der Waals surface area contributed by atoms with Crippen molar-refractivity contribution in [2.45, 2.75) is 38.2 Å². The minimum Gasteiger partial charge on any atom is -0.496 e. The first kappa shape index (κ1) is 13.1. The molecule has 0 aliphatic heterocycles. The number of para-hydroxylation sites is 1. The quantitative estimate of drug-likeness (QED) is 0.891. The zero-order valence-electron chi connectivity index (χ0n) is 10.8. The Hall–Kier alpha value is -1.35. The monoisotopic (exact) mass is 248 g/mol. The first-order chi connectivity index (χ1) is 8.74. The first-order valence-electron chi connectivity index (χ1n) is 6.58. The van der Waals surface area contributed by atoms with E-state index in [9.17, 15) is 9.90 Å². The van der Waals surface area contributed by atoms with Crippen LogP contribution in [0.15, 0.2) is 24.3 Å². The van der Waals surface area contributed by atoms with Crippen molar-refractivity contribution in [3.63, 3.8) is 0 Å². The summed E-state index contributed by atoms with van der Waals surface area (Å²) in [6.45, 7) is 0. The van der Waals surface area contributed by atoms with Crippen LogP contribution in [0.1, 0.15) is 43.8 Å². The molecule has 1 aromatic carbocycles. The number of ether oxygens (including phenoxy) is 1. The lowest BCUT2D eigenvalue weighted by molar-refractivity contribution is -0.132. The minimum atomic E-state index is -1.05. The van der Waals surface area contributed by atoms with Gasteiger partial charge in [-0.3, -0.25) is 4.79 Å². The normalized spacial score (nSPS) is 18.3. The number of Topliss-reactive ketones (excluding diaryl/α,β-unsaturated/α-hetero) is 1. The average Bonchev–Trinajstić information content (AvgIpc) is 2.46. The molecule has 2 rings (SSSR count). The summed E-state index contributed by atoms with van der Waals surface area (Å²) in [5.74, 6) is 0.534. The fraction of sp³-hybridized carbons (Fsp3) is 0.533. The maximum absolute atomic E-state index is 12.3. The summed E-state index contributed by atoms with van der Waals surface area (Å²) in [7, 11) is 1.55. The van der Waals surface area contributed by atoms with Gasteiger partial charge in [0.25, 0.3) is 0 Å². The molecule has 1 atom stereocenters. The Kier molecular flexibility index (Phi) is 4.37. The molecule has 0 radical (unpaired) electrons. The Labute approximate surface area is 108 Å². The van der Waals surface area contributed by atoms with E-state index in [1.165, 1.54) is 6.42 Å². The average molecular weight is 248 g/mol. The van der Waals surface area contributed by atoms with Gasteiger partial charge in [0.1, 0.15) is 11.9 Å². The Morgan fingerprint density at radius 2 is 1.94 bits per heavy atom. The van der Waals surface area contributed by atoms with Gasteiger partial charge in [0.2, 0.25) is 0 Å². The molecule has 0 spiro atoms. The lowest BCUT2D eigenvalue weighted by Crippen LogP contribution is -2.24. The highest BCUT2D eigenvalue weighted by atomic mass is 16.5. The summed E-state index contributed by atoms with van der Waals surface area (Å²) >= 11 is 0. The van der Waals surface area contributed by atoms with Crippen molar-refractivity contribution in [3.8, 4) is 5.75 Å². The molecule has 0 amide bonds. The van der Waals surface area contributed by atoms with Crippen molar-refractivity contribution in [3.05, 3.63) is 29.8 Å². The highest BCUT2D eigenvalue weighted by molar-refractivity contribution is 5.87. The number of hydrogen-bond donors (Lipinski definition) is 1. The highest BCUT2D eigenvalue weighted by Crippen LogP contribution is 2.32. The first-order valence-corrected chi connectivity index (χ1v) is 6.58. The predicted molar refractivity (Wildman–Crippen MR) is 69.5 cm³/mol. The van der Waals surface area contributed by atoms with Crippen molar-refractivity contribution in [2.75, 3.05) is 7.11 Å². The second-order valence-electron chi connectivity index (χ2n) is 4.88. The molecule has 0 heterocycles. The summed E-state index contributed by atoms with van der Waals surface area (Å²) in [6.07, 6.45) is 4.15. The van der Waals surface area contributed by atoms with Crippen LogP contribution in [0.25, 0.3) is 0 Å². The molecule has 1 unspecified atom stereocenters. The van der Waals surface area contributed by atoms with Crippen LogP contribution in [0.4, 0.5) is 0 Å². The van der Waals surface area contributed by atoms with Gasteiger partial charge in [-0.1, -0.05) is 37.5 Å². The van der Waals surface area contributed by atoms with Gasteiger partial charge in [0.15, 0.2) is 5.78 Å². The predicted octanol–water partition coefficient (Wildman–Crippen LogP) is 2.88. The van der Waals surface area contributed by atoms with Crippen molar-refractivity contribution >= 4 is 5.78 Å². The lowest BCUT2D eigenvalue weighted by atomic mass is 9.83. The second kappa shape index (κ2) is 6.01. The van der Waals surface area contributed by atoms with Crippen LogP contribution in [-0.4, -0.2) is 18.0 Å². The SMILES string of the molecule is COc1ccccc1C(O)C(=O)C1CCCCC1. The van der Waals surface area contributed by atoms with Gasteiger partial charge in [-0.2, -0.15) is 0 Å². The minimum absolute atomic E-state index is 0.0127. The zero-order chi connectivity index (χ0) is 13.0. The molecule has 3 heteroatoms. The van der Waals surface area contributed by atoms with Gasteiger partial charge in [-0.05, 0) is 18.9 Å². The van der Waals surface area contributed by atoms with Crippen molar-refractivity contribution in [1.29, 1.82) is 0 Å². The molecular weight excluding hydrogens is 228 g/mol. The van der Waals surface area contributed by atoms with Crippen LogP contribution in [0, 0.1) is 5.92 Å². The molecule has 0 bridgehead atoms. The van der Waals surface area contributed by atoms with E-state index in [2.05, 4.69) is 0 Å². The van der Waals surface area contributed by atoms with Crippen molar-refractivity contribution < 1.29 is 14.6 Å². The van der Waals surface area contributed by atoms with E-state index in [4.69, 9.17) is 4.74 Å². The Morgan fingerprint density at radius 1 is 1.28 bits per heavy atom. The molecule has 0 aromatic heterocycles. The summed E-state index contributed by atoms with van der Waals surface area (Å²) in [5.41, 5.74) is 0.579. The second-order valence-corrected chi connectivity index (χ2v) is 4.88. The summed E-state index contributed by atoms with van der Waals surface area (Å²) in [6, 6.07) is 7.17.